The SMILES string of the molecule is O=C(NCCc1csc(-n2cccn2)n1)c1ccc(OC(F)(F)F)cc1. The highest BCUT2D eigenvalue weighted by Gasteiger charge is 2.31. The van der Waals surface area contributed by atoms with E-state index >= 15 is 0 Å². The van der Waals surface area contributed by atoms with Crippen LogP contribution in [0.1, 0.15) is 16.1 Å². The third-order valence-corrected chi connectivity index (χ3v) is 4.14. The number of nitrogens with one attached hydrogen (secondary N) is 1. The Kier molecular flexibility index (Phi) is 5.21. The van der Waals surface area contributed by atoms with Crippen molar-refractivity contribution < 1.29 is 22.7 Å². The molecule has 0 fully saturated rings. The number of rotatable bonds is 6. The number of thiazole rings is 1. The Morgan fingerprint density at radius 3 is 2.69 bits per heavy atom. The average Bonchev–Trinajstić information content (AvgIpc) is 3.25. The average molecular weight is 382 g/mol. The van der Waals surface area contributed by atoms with Crippen LogP contribution in [0.2, 0.25) is 0 Å². The van der Waals surface area contributed by atoms with Gasteiger partial charge in [0.2, 0.25) is 5.13 Å². The Bertz CT molecular complexity index is 861. The topological polar surface area (TPSA) is 69.0 Å². The number of ether oxygens (including phenoxy) is 1. The van der Waals surface area contributed by atoms with Crippen molar-refractivity contribution in [2.45, 2.75) is 12.8 Å². The zero-order valence-electron chi connectivity index (χ0n) is 13.2. The number of hydrogen-bond acceptors (Lipinski definition) is 5. The van der Waals surface area contributed by atoms with Crippen LogP contribution in [0, 0.1) is 0 Å². The number of benzene rings is 1. The molecule has 0 aliphatic heterocycles. The molecule has 0 aliphatic carbocycles. The summed E-state index contributed by atoms with van der Waals surface area (Å²) in [7, 11) is 0. The van der Waals surface area contributed by atoms with E-state index in [9.17, 15) is 18.0 Å². The van der Waals surface area contributed by atoms with E-state index in [0.717, 1.165) is 23.0 Å². The van der Waals surface area contributed by atoms with Crippen molar-refractivity contribution in [3.8, 4) is 10.9 Å². The predicted molar refractivity (Wildman–Crippen MR) is 88.4 cm³/mol. The fraction of sp³-hybridized carbons (Fsp3) is 0.188. The highest BCUT2D eigenvalue weighted by molar-refractivity contribution is 7.12. The first kappa shape index (κ1) is 17.9. The molecule has 2 aromatic heterocycles. The molecular weight excluding hydrogens is 369 g/mol. The lowest BCUT2D eigenvalue weighted by Gasteiger charge is -2.09. The number of aromatic nitrogens is 3. The maximum Gasteiger partial charge on any atom is 0.573 e. The molecule has 1 aromatic carbocycles. The first-order valence-corrected chi connectivity index (χ1v) is 8.37. The minimum absolute atomic E-state index is 0.245. The maximum absolute atomic E-state index is 12.1. The first-order valence-electron chi connectivity index (χ1n) is 7.49. The highest BCUT2D eigenvalue weighted by atomic mass is 32.1. The van der Waals surface area contributed by atoms with E-state index in [2.05, 4.69) is 20.1 Å². The molecule has 6 nitrogen and oxygen atoms in total. The van der Waals surface area contributed by atoms with Crippen LogP contribution in [-0.4, -0.2) is 33.6 Å². The third-order valence-electron chi connectivity index (χ3n) is 3.26. The van der Waals surface area contributed by atoms with Crippen LogP contribution in [0.25, 0.3) is 5.13 Å². The molecule has 3 rings (SSSR count). The second kappa shape index (κ2) is 7.56. The Morgan fingerprint density at radius 1 is 1.27 bits per heavy atom. The molecule has 0 radical (unpaired) electrons. The molecule has 3 aromatic rings. The molecular formula is C16H13F3N4O2S. The second-order valence-corrected chi connectivity index (χ2v) is 5.99. The van der Waals surface area contributed by atoms with E-state index in [1.165, 1.54) is 23.5 Å². The number of amides is 1. The molecule has 2 heterocycles. The van der Waals surface area contributed by atoms with Crippen molar-refractivity contribution in [2.75, 3.05) is 6.54 Å². The molecule has 26 heavy (non-hydrogen) atoms. The van der Waals surface area contributed by atoms with Gasteiger partial charge >= 0.3 is 6.36 Å². The number of carbonyl (C=O) groups excluding carboxylic acids is 1. The van der Waals surface area contributed by atoms with Gasteiger partial charge in [0.1, 0.15) is 5.75 Å². The number of halogens is 3. The fourth-order valence-corrected chi connectivity index (χ4v) is 2.91. The van der Waals surface area contributed by atoms with Gasteiger partial charge in [0.25, 0.3) is 5.91 Å². The molecule has 136 valence electrons. The van der Waals surface area contributed by atoms with Gasteiger partial charge in [-0.3, -0.25) is 4.79 Å². The van der Waals surface area contributed by atoms with Gasteiger partial charge in [0.15, 0.2) is 0 Å². The van der Waals surface area contributed by atoms with Crippen molar-refractivity contribution in [3.63, 3.8) is 0 Å². The van der Waals surface area contributed by atoms with Gasteiger partial charge in [-0.2, -0.15) is 5.10 Å². The van der Waals surface area contributed by atoms with Crippen LogP contribution in [-0.2, 0) is 6.42 Å². The van der Waals surface area contributed by atoms with Gasteiger partial charge in [-0.25, -0.2) is 9.67 Å². The van der Waals surface area contributed by atoms with Gasteiger partial charge < -0.3 is 10.1 Å². The lowest BCUT2D eigenvalue weighted by molar-refractivity contribution is -0.274. The van der Waals surface area contributed by atoms with Crippen molar-refractivity contribution in [1.29, 1.82) is 0 Å². The summed E-state index contributed by atoms with van der Waals surface area (Å²) in [4.78, 5) is 16.4. The van der Waals surface area contributed by atoms with Crippen molar-refractivity contribution in [3.05, 3.63) is 59.4 Å². The molecule has 0 saturated heterocycles. The monoisotopic (exact) mass is 382 g/mol. The molecule has 0 aliphatic rings. The smallest absolute Gasteiger partial charge is 0.406 e. The molecule has 0 saturated carbocycles. The Labute approximate surface area is 150 Å². The molecule has 1 N–H and O–H groups in total. The molecule has 0 atom stereocenters. The summed E-state index contributed by atoms with van der Waals surface area (Å²) in [5.74, 6) is -0.756. The largest absolute Gasteiger partial charge is 0.573 e. The summed E-state index contributed by atoms with van der Waals surface area (Å²) in [6.45, 7) is 0.349. The van der Waals surface area contributed by atoms with Gasteiger partial charge in [0.05, 0.1) is 5.69 Å². The third kappa shape index (κ3) is 4.82. The quantitative estimate of drug-likeness (QED) is 0.711. The van der Waals surface area contributed by atoms with Crippen LogP contribution >= 0.6 is 11.3 Å². The standard InChI is InChI=1S/C16H13F3N4O2S/c17-16(18,19)25-13-4-2-11(3-5-13)14(24)20-8-6-12-10-26-15(22-12)23-9-1-7-21-23/h1-5,7,9-10H,6,8H2,(H,20,24). The first-order chi connectivity index (χ1) is 12.4. The minimum Gasteiger partial charge on any atom is -0.406 e. The van der Waals surface area contributed by atoms with Crippen LogP contribution in [0.3, 0.4) is 0 Å². The zero-order chi connectivity index (χ0) is 18.6. The Hall–Kier alpha value is -2.88. The Morgan fingerprint density at radius 2 is 2.04 bits per heavy atom. The van der Waals surface area contributed by atoms with Crippen LogP contribution in [0.15, 0.2) is 48.1 Å². The van der Waals surface area contributed by atoms with E-state index in [0.29, 0.717) is 13.0 Å². The van der Waals surface area contributed by atoms with Gasteiger partial charge in [-0.15, -0.1) is 24.5 Å². The maximum atomic E-state index is 12.1. The van der Waals surface area contributed by atoms with Crippen molar-refractivity contribution >= 4 is 17.2 Å². The zero-order valence-corrected chi connectivity index (χ0v) is 14.0. The molecule has 1 amide bonds. The van der Waals surface area contributed by atoms with Gasteiger partial charge in [-0.1, -0.05) is 0 Å². The van der Waals surface area contributed by atoms with E-state index in [1.54, 1.807) is 23.1 Å². The van der Waals surface area contributed by atoms with E-state index in [-0.39, 0.29) is 17.2 Å². The number of nitrogens with zero attached hydrogens (tertiary/aromatic N) is 3. The van der Waals surface area contributed by atoms with Gasteiger partial charge in [-0.05, 0) is 30.3 Å². The minimum atomic E-state index is -4.76. The van der Waals surface area contributed by atoms with Crippen molar-refractivity contribution in [2.24, 2.45) is 0 Å². The van der Waals surface area contributed by atoms with E-state index in [4.69, 9.17) is 0 Å². The lowest BCUT2D eigenvalue weighted by atomic mass is 10.2. The normalized spacial score (nSPS) is 11.3. The van der Waals surface area contributed by atoms with Gasteiger partial charge in [0, 0.05) is 36.3 Å². The molecule has 0 bridgehead atoms. The van der Waals surface area contributed by atoms with Crippen LogP contribution in [0.4, 0.5) is 13.2 Å². The summed E-state index contributed by atoms with van der Waals surface area (Å²) >= 11 is 1.44. The van der Waals surface area contributed by atoms with Crippen LogP contribution in [0.5, 0.6) is 5.75 Å². The predicted octanol–water partition coefficient (Wildman–Crippen LogP) is 3.20. The molecule has 10 heteroatoms. The lowest BCUT2D eigenvalue weighted by Crippen LogP contribution is -2.25. The van der Waals surface area contributed by atoms with Crippen molar-refractivity contribution in [1.82, 2.24) is 20.1 Å². The summed E-state index contributed by atoms with van der Waals surface area (Å²) in [5.41, 5.74) is 1.06. The number of alkyl halides is 3. The number of hydrogen-bond donors (Lipinski definition) is 1. The molecule has 0 unspecified atom stereocenters. The second-order valence-electron chi connectivity index (χ2n) is 5.15. The van der Waals surface area contributed by atoms with Crippen LogP contribution < -0.4 is 10.1 Å². The summed E-state index contributed by atoms with van der Waals surface area (Å²) < 4.78 is 41.7. The summed E-state index contributed by atoms with van der Waals surface area (Å²) in [5, 5.41) is 9.41. The summed E-state index contributed by atoms with van der Waals surface area (Å²) in [6.07, 6.45) is -0.784. The number of carbonyl (C=O) groups is 1. The molecule has 0 spiro atoms. The van der Waals surface area contributed by atoms with E-state index < -0.39 is 6.36 Å². The fourth-order valence-electron chi connectivity index (χ4n) is 2.11. The Balaban J connectivity index is 1.50. The van der Waals surface area contributed by atoms with E-state index in [1.807, 2.05) is 5.38 Å². The summed E-state index contributed by atoms with van der Waals surface area (Å²) in [6, 6.07) is 6.54. The highest BCUT2D eigenvalue weighted by Crippen LogP contribution is 2.22.